The van der Waals surface area contributed by atoms with Crippen molar-refractivity contribution in [1.82, 2.24) is 4.98 Å². The van der Waals surface area contributed by atoms with Crippen LogP contribution < -0.4 is 5.73 Å². The van der Waals surface area contributed by atoms with Gasteiger partial charge in [-0.25, -0.2) is 13.8 Å². The van der Waals surface area contributed by atoms with E-state index in [1.165, 1.54) is 6.92 Å². The summed E-state index contributed by atoms with van der Waals surface area (Å²) in [7, 11) is 0. The molecule has 5 heteroatoms. The summed E-state index contributed by atoms with van der Waals surface area (Å²) in [6.07, 6.45) is -2.63. The SMILES string of the molecule is Cc1nc(C(F)F)cc(CN)c1O. The number of nitrogens with two attached hydrogens (primary N) is 1. The fourth-order valence-corrected chi connectivity index (χ4v) is 1.03. The number of pyridine rings is 1. The Hall–Kier alpha value is -1.23. The molecule has 1 heterocycles. The monoisotopic (exact) mass is 188 g/mol. The zero-order valence-electron chi connectivity index (χ0n) is 7.09. The Kier molecular flexibility index (Phi) is 2.77. The van der Waals surface area contributed by atoms with Crippen LogP contribution in [-0.4, -0.2) is 10.1 Å². The lowest BCUT2D eigenvalue weighted by Gasteiger charge is -2.07. The van der Waals surface area contributed by atoms with Gasteiger partial charge in [-0.1, -0.05) is 0 Å². The van der Waals surface area contributed by atoms with E-state index in [0.717, 1.165) is 6.07 Å². The van der Waals surface area contributed by atoms with Crippen molar-refractivity contribution in [1.29, 1.82) is 0 Å². The molecule has 0 amide bonds. The van der Waals surface area contributed by atoms with E-state index in [2.05, 4.69) is 4.98 Å². The van der Waals surface area contributed by atoms with Crippen molar-refractivity contribution in [2.24, 2.45) is 5.73 Å². The van der Waals surface area contributed by atoms with Gasteiger partial charge in [-0.05, 0) is 13.0 Å². The Balaban J connectivity index is 3.22. The van der Waals surface area contributed by atoms with Crippen LogP contribution in [-0.2, 0) is 6.54 Å². The maximum atomic E-state index is 12.2. The normalized spacial score (nSPS) is 10.8. The molecule has 0 saturated heterocycles. The summed E-state index contributed by atoms with van der Waals surface area (Å²) in [5.74, 6) is -0.105. The predicted octanol–water partition coefficient (Wildman–Crippen LogP) is 1.49. The van der Waals surface area contributed by atoms with Gasteiger partial charge in [0.2, 0.25) is 0 Å². The molecule has 13 heavy (non-hydrogen) atoms. The Bertz CT molecular complexity index is 315. The molecule has 0 aromatic carbocycles. The van der Waals surface area contributed by atoms with Gasteiger partial charge in [0, 0.05) is 12.1 Å². The van der Waals surface area contributed by atoms with Crippen molar-refractivity contribution >= 4 is 0 Å². The second kappa shape index (κ2) is 3.66. The lowest BCUT2D eigenvalue weighted by molar-refractivity contribution is 0.145. The van der Waals surface area contributed by atoms with E-state index in [4.69, 9.17) is 5.73 Å². The van der Waals surface area contributed by atoms with E-state index in [-0.39, 0.29) is 23.7 Å². The molecule has 1 rings (SSSR count). The minimum absolute atomic E-state index is 0.0227. The van der Waals surface area contributed by atoms with Crippen LogP contribution >= 0.6 is 0 Å². The molecule has 0 atom stereocenters. The molecule has 0 bridgehead atoms. The average molecular weight is 188 g/mol. The number of rotatable bonds is 2. The summed E-state index contributed by atoms with van der Waals surface area (Å²) in [6, 6.07) is 1.12. The molecule has 72 valence electrons. The highest BCUT2D eigenvalue weighted by Crippen LogP contribution is 2.25. The standard InChI is InChI=1S/C8H10F2N2O/c1-4-7(13)5(3-11)2-6(12-4)8(9)10/h2,8,13H,3,11H2,1H3. The van der Waals surface area contributed by atoms with Gasteiger partial charge in [-0.3, -0.25) is 0 Å². The number of nitrogens with zero attached hydrogens (tertiary/aromatic N) is 1. The summed E-state index contributed by atoms with van der Waals surface area (Å²) in [6.45, 7) is 1.48. The molecule has 1 aromatic heterocycles. The first-order valence-corrected chi connectivity index (χ1v) is 3.74. The van der Waals surface area contributed by atoms with Crippen LogP contribution in [0.4, 0.5) is 8.78 Å². The number of hydrogen-bond donors (Lipinski definition) is 2. The number of aryl methyl sites for hydroxylation is 1. The van der Waals surface area contributed by atoms with Gasteiger partial charge in [0.15, 0.2) is 0 Å². The number of halogens is 2. The Morgan fingerprint density at radius 1 is 1.62 bits per heavy atom. The molecule has 3 nitrogen and oxygen atoms in total. The van der Waals surface area contributed by atoms with Crippen LogP contribution in [0.3, 0.4) is 0 Å². The molecule has 0 unspecified atom stereocenters. The molecule has 1 aromatic rings. The van der Waals surface area contributed by atoms with E-state index in [0.29, 0.717) is 5.56 Å². The first-order chi connectivity index (χ1) is 6.06. The summed E-state index contributed by atoms with van der Waals surface area (Å²) < 4.78 is 24.4. The third-order valence-corrected chi connectivity index (χ3v) is 1.71. The molecular formula is C8H10F2N2O. The third kappa shape index (κ3) is 1.92. The molecule has 0 fully saturated rings. The van der Waals surface area contributed by atoms with E-state index >= 15 is 0 Å². The predicted molar refractivity (Wildman–Crippen MR) is 43.5 cm³/mol. The first kappa shape index (κ1) is 9.85. The van der Waals surface area contributed by atoms with Crippen molar-refractivity contribution < 1.29 is 13.9 Å². The van der Waals surface area contributed by atoms with E-state index < -0.39 is 6.43 Å². The molecule has 3 N–H and O–H groups in total. The number of hydrogen-bond acceptors (Lipinski definition) is 3. The smallest absolute Gasteiger partial charge is 0.280 e. The van der Waals surface area contributed by atoms with Crippen LogP contribution in [0.25, 0.3) is 0 Å². The zero-order chi connectivity index (χ0) is 10.0. The topological polar surface area (TPSA) is 59.1 Å². The summed E-state index contributed by atoms with van der Waals surface area (Å²) in [5, 5.41) is 9.32. The first-order valence-electron chi connectivity index (χ1n) is 3.74. The third-order valence-electron chi connectivity index (χ3n) is 1.71. The highest BCUT2D eigenvalue weighted by Gasteiger charge is 2.13. The fourth-order valence-electron chi connectivity index (χ4n) is 1.03. The van der Waals surface area contributed by atoms with Crippen LogP contribution in [0.5, 0.6) is 5.75 Å². The maximum Gasteiger partial charge on any atom is 0.280 e. The molecule has 0 aliphatic rings. The van der Waals surface area contributed by atoms with E-state index in [1.54, 1.807) is 0 Å². The largest absolute Gasteiger partial charge is 0.506 e. The van der Waals surface area contributed by atoms with Gasteiger partial charge in [-0.2, -0.15) is 0 Å². The van der Waals surface area contributed by atoms with Crippen LogP contribution in [0.15, 0.2) is 6.07 Å². The Morgan fingerprint density at radius 3 is 2.69 bits per heavy atom. The highest BCUT2D eigenvalue weighted by atomic mass is 19.3. The highest BCUT2D eigenvalue weighted by molar-refractivity contribution is 5.37. The molecule has 0 aliphatic carbocycles. The van der Waals surface area contributed by atoms with Crippen LogP contribution in [0.2, 0.25) is 0 Å². The number of aromatic hydroxyl groups is 1. The molecule has 0 spiro atoms. The van der Waals surface area contributed by atoms with Gasteiger partial charge < -0.3 is 10.8 Å². The fraction of sp³-hybridized carbons (Fsp3) is 0.375. The van der Waals surface area contributed by atoms with Crippen molar-refractivity contribution in [3.63, 3.8) is 0 Å². The molecular weight excluding hydrogens is 178 g/mol. The van der Waals surface area contributed by atoms with Crippen molar-refractivity contribution in [3.05, 3.63) is 23.0 Å². The Morgan fingerprint density at radius 2 is 2.23 bits per heavy atom. The Labute approximate surface area is 74.2 Å². The van der Waals surface area contributed by atoms with Gasteiger partial charge in [0.25, 0.3) is 6.43 Å². The second-order valence-electron chi connectivity index (χ2n) is 2.65. The van der Waals surface area contributed by atoms with Crippen molar-refractivity contribution in [3.8, 4) is 5.75 Å². The van der Waals surface area contributed by atoms with Gasteiger partial charge >= 0.3 is 0 Å². The van der Waals surface area contributed by atoms with Crippen molar-refractivity contribution in [2.75, 3.05) is 0 Å². The molecule has 0 aliphatic heterocycles. The minimum Gasteiger partial charge on any atom is -0.506 e. The molecule has 0 saturated carbocycles. The minimum atomic E-state index is -2.63. The second-order valence-corrected chi connectivity index (χ2v) is 2.65. The van der Waals surface area contributed by atoms with Gasteiger partial charge in [0.1, 0.15) is 11.4 Å². The summed E-state index contributed by atoms with van der Waals surface area (Å²) in [4.78, 5) is 3.53. The van der Waals surface area contributed by atoms with Gasteiger partial charge in [-0.15, -0.1) is 0 Å². The van der Waals surface area contributed by atoms with Crippen LogP contribution in [0.1, 0.15) is 23.4 Å². The zero-order valence-corrected chi connectivity index (χ0v) is 7.09. The molecule has 0 radical (unpaired) electrons. The van der Waals surface area contributed by atoms with Crippen LogP contribution in [0, 0.1) is 6.92 Å². The van der Waals surface area contributed by atoms with E-state index in [9.17, 15) is 13.9 Å². The van der Waals surface area contributed by atoms with Crippen molar-refractivity contribution in [2.45, 2.75) is 19.9 Å². The quantitative estimate of drug-likeness (QED) is 0.739. The maximum absolute atomic E-state index is 12.2. The lowest BCUT2D eigenvalue weighted by Crippen LogP contribution is -2.02. The van der Waals surface area contributed by atoms with Gasteiger partial charge in [0.05, 0.1) is 5.69 Å². The summed E-state index contributed by atoms with van der Waals surface area (Å²) in [5.41, 5.74) is 5.38. The lowest BCUT2D eigenvalue weighted by atomic mass is 10.1. The average Bonchev–Trinajstić information content (AvgIpc) is 2.09. The number of alkyl halides is 2. The summed E-state index contributed by atoms with van der Waals surface area (Å²) >= 11 is 0. The van der Waals surface area contributed by atoms with E-state index in [1.807, 2.05) is 0 Å². The number of aromatic nitrogens is 1.